The number of carbonyl (C=O) groups is 1. The van der Waals surface area contributed by atoms with E-state index < -0.39 is 0 Å². The molecule has 0 radical (unpaired) electrons. The number of carbonyl (C=O) groups excluding carboxylic acids is 1. The number of methoxy groups -OCH3 is 1. The van der Waals surface area contributed by atoms with Gasteiger partial charge in [-0.25, -0.2) is 0 Å². The van der Waals surface area contributed by atoms with Crippen molar-refractivity contribution in [3.63, 3.8) is 0 Å². The van der Waals surface area contributed by atoms with Gasteiger partial charge in [0.1, 0.15) is 0 Å². The molecule has 0 saturated heterocycles. The SMILES string of the molecule is COC(=O)C1(C)CCC(C)=C(C)C1. The van der Waals surface area contributed by atoms with Gasteiger partial charge in [-0.3, -0.25) is 4.79 Å². The third-order valence-corrected chi connectivity index (χ3v) is 3.11. The van der Waals surface area contributed by atoms with Crippen molar-refractivity contribution in [1.29, 1.82) is 0 Å². The molecule has 0 aliphatic heterocycles. The van der Waals surface area contributed by atoms with Crippen molar-refractivity contribution < 1.29 is 9.53 Å². The maximum atomic E-state index is 11.5. The fourth-order valence-electron chi connectivity index (χ4n) is 1.92. The first-order chi connectivity index (χ1) is 5.99. The first-order valence-electron chi connectivity index (χ1n) is 4.73. The number of hydrogen-bond acceptors (Lipinski definition) is 2. The molecule has 1 unspecified atom stereocenters. The molecule has 2 heteroatoms. The molecule has 1 atom stereocenters. The molecule has 1 aliphatic carbocycles. The second-order valence-electron chi connectivity index (χ2n) is 4.29. The zero-order chi connectivity index (χ0) is 10.1. The maximum Gasteiger partial charge on any atom is 0.311 e. The average Bonchev–Trinajstić information content (AvgIpc) is 2.11. The van der Waals surface area contributed by atoms with E-state index in [9.17, 15) is 4.79 Å². The maximum absolute atomic E-state index is 11.5. The predicted octanol–water partition coefficient (Wildman–Crippen LogP) is 2.69. The highest BCUT2D eigenvalue weighted by Crippen LogP contribution is 2.39. The third kappa shape index (κ3) is 1.93. The smallest absolute Gasteiger partial charge is 0.311 e. The van der Waals surface area contributed by atoms with Gasteiger partial charge in [-0.15, -0.1) is 0 Å². The van der Waals surface area contributed by atoms with E-state index in [2.05, 4.69) is 13.8 Å². The summed E-state index contributed by atoms with van der Waals surface area (Å²) in [6.45, 7) is 6.25. The fraction of sp³-hybridized carbons (Fsp3) is 0.727. The van der Waals surface area contributed by atoms with Crippen LogP contribution in [0, 0.1) is 5.41 Å². The Morgan fingerprint density at radius 1 is 1.38 bits per heavy atom. The molecule has 0 fully saturated rings. The molecule has 0 aromatic heterocycles. The van der Waals surface area contributed by atoms with Crippen LogP contribution in [0.3, 0.4) is 0 Å². The van der Waals surface area contributed by atoms with E-state index in [-0.39, 0.29) is 11.4 Å². The Bertz CT molecular complexity index is 253. The summed E-state index contributed by atoms with van der Waals surface area (Å²) in [6.07, 6.45) is 2.80. The summed E-state index contributed by atoms with van der Waals surface area (Å²) in [5.74, 6) is -0.0700. The molecule has 1 aliphatic rings. The Hall–Kier alpha value is -0.790. The largest absolute Gasteiger partial charge is 0.469 e. The van der Waals surface area contributed by atoms with Crippen LogP contribution in [0.1, 0.15) is 40.0 Å². The van der Waals surface area contributed by atoms with Crippen molar-refractivity contribution in [2.24, 2.45) is 5.41 Å². The quantitative estimate of drug-likeness (QED) is 0.460. The lowest BCUT2D eigenvalue weighted by molar-refractivity contribution is -0.152. The molecular formula is C11H18O2. The topological polar surface area (TPSA) is 26.3 Å². The summed E-state index contributed by atoms with van der Waals surface area (Å²) in [7, 11) is 1.47. The van der Waals surface area contributed by atoms with Crippen LogP contribution in [0.5, 0.6) is 0 Å². The van der Waals surface area contributed by atoms with E-state index in [1.54, 1.807) is 0 Å². The van der Waals surface area contributed by atoms with E-state index in [1.807, 2.05) is 6.92 Å². The van der Waals surface area contributed by atoms with Gasteiger partial charge in [-0.2, -0.15) is 0 Å². The second kappa shape index (κ2) is 3.52. The Morgan fingerprint density at radius 2 is 2.00 bits per heavy atom. The highest BCUT2D eigenvalue weighted by atomic mass is 16.5. The molecule has 2 nitrogen and oxygen atoms in total. The van der Waals surface area contributed by atoms with Crippen molar-refractivity contribution in [2.45, 2.75) is 40.0 Å². The van der Waals surface area contributed by atoms with E-state index in [4.69, 9.17) is 4.74 Å². The zero-order valence-electron chi connectivity index (χ0n) is 8.94. The molecule has 74 valence electrons. The molecule has 1 rings (SSSR count). The number of hydrogen-bond donors (Lipinski definition) is 0. The molecule has 0 spiro atoms. The summed E-state index contributed by atoms with van der Waals surface area (Å²) < 4.78 is 4.81. The number of ether oxygens (including phenoxy) is 1. The first kappa shape index (κ1) is 10.3. The highest BCUT2D eigenvalue weighted by Gasteiger charge is 2.36. The van der Waals surface area contributed by atoms with Crippen molar-refractivity contribution in [1.82, 2.24) is 0 Å². The second-order valence-corrected chi connectivity index (χ2v) is 4.29. The minimum atomic E-state index is -0.279. The lowest BCUT2D eigenvalue weighted by Gasteiger charge is -2.32. The number of allylic oxidation sites excluding steroid dienone is 2. The minimum absolute atomic E-state index is 0.0700. The van der Waals surface area contributed by atoms with Crippen LogP contribution in [-0.2, 0) is 9.53 Å². The lowest BCUT2D eigenvalue weighted by Crippen LogP contribution is -2.31. The van der Waals surface area contributed by atoms with Crippen molar-refractivity contribution in [2.75, 3.05) is 7.11 Å². The third-order valence-electron chi connectivity index (χ3n) is 3.11. The van der Waals surface area contributed by atoms with Gasteiger partial charge in [-0.05, 0) is 40.0 Å². The summed E-state index contributed by atoms with van der Waals surface area (Å²) in [6, 6.07) is 0. The van der Waals surface area contributed by atoms with Gasteiger partial charge in [0.05, 0.1) is 12.5 Å². The van der Waals surface area contributed by atoms with Gasteiger partial charge in [0.25, 0.3) is 0 Å². The summed E-state index contributed by atoms with van der Waals surface area (Å²) >= 11 is 0. The summed E-state index contributed by atoms with van der Waals surface area (Å²) in [5, 5.41) is 0. The fourth-order valence-corrected chi connectivity index (χ4v) is 1.92. The molecule has 0 aromatic carbocycles. The van der Waals surface area contributed by atoms with Gasteiger partial charge in [0, 0.05) is 0 Å². The van der Waals surface area contributed by atoms with E-state index in [0.717, 1.165) is 19.3 Å². The van der Waals surface area contributed by atoms with Crippen LogP contribution in [-0.4, -0.2) is 13.1 Å². The van der Waals surface area contributed by atoms with Gasteiger partial charge in [0.15, 0.2) is 0 Å². The Balaban J connectivity index is 2.81. The van der Waals surface area contributed by atoms with Crippen molar-refractivity contribution in [3.05, 3.63) is 11.1 Å². The molecule has 0 N–H and O–H groups in total. The number of rotatable bonds is 1. The van der Waals surface area contributed by atoms with Crippen LogP contribution in [0.2, 0.25) is 0 Å². The molecule has 0 bridgehead atoms. The standard InChI is InChI=1S/C11H18O2/c1-8-5-6-11(3,7-9(8)2)10(12)13-4/h5-7H2,1-4H3. The summed E-state index contributed by atoms with van der Waals surface area (Å²) in [4.78, 5) is 11.5. The van der Waals surface area contributed by atoms with Crippen LogP contribution in [0.4, 0.5) is 0 Å². The van der Waals surface area contributed by atoms with Crippen LogP contribution in [0.15, 0.2) is 11.1 Å². The van der Waals surface area contributed by atoms with Crippen LogP contribution < -0.4 is 0 Å². The zero-order valence-corrected chi connectivity index (χ0v) is 8.94. The minimum Gasteiger partial charge on any atom is -0.469 e. The van der Waals surface area contributed by atoms with E-state index in [1.165, 1.54) is 18.3 Å². The predicted molar refractivity (Wildman–Crippen MR) is 52.3 cm³/mol. The van der Waals surface area contributed by atoms with Gasteiger partial charge in [-0.1, -0.05) is 11.1 Å². The molecule has 13 heavy (non-hydrogen) atoms. The summed E-state index contributed by atoms with van der Waals surface area (Å²) in [5.41, 5.74) is 2.50. The average molecular weight is 182 g/mol. The van der Waals surface area contributed by atoms with Gasteiger partial charge in [0.2, 0.25) is 0 Å². The Kier molecular flexibility index (Phi) is 2.79. The van der Waals surface area contributed by atoms with Gasteiger partial charge < -0.3 is 4.74 Å². The van der Waals surface area contributed by atoms with Crippen molar-refractivity contribution in [3.8, 4) is 0 Å². The molecule has 0 saturated carbocycles. The van der Waals surface area contributed by atoms with Crippen molar-refractivity contribution >= 4 is 5.97 Å². The number of esters is 1. The molecule has 0 heterocycles. The van der Waals surface area contributed by atoms with Crippen LogP contribution >= 0.6 is 0 Å². The normalized spacial score (nSPS) is 28.9. The molecule has 0 aromatic rings. The van der Waals surface area contributed by atoms with Gasteiger partial charge >= 0.3 is 5.97 Å². The monoisotopic (exact) mass is 182 g/mol. The lowest BCUT2D eigenvalue weighted by atomic mass is 9.73. The Morgan fingerprint density at radius 3 is 2.46 bits per heavy atom. The van der Waals surface area contributed by atoms with E-state index in [0.29, 0.717) is 0 Å². The Labute approximate surface area is 80.0 Å². The molecular weight excluding hydrogens is 164 g/mol. The molecule has 0 amide bonds. The highest BCUT2D eigenvalue weighted by molar-refractivity contribution is 5.77. The first-order valence-corrected chi connectivity index (χ1v) is 4.73. The van der Waals surface area contributed by atoms with Crippen LogP contribution in [0.25, 0.3) is 0 Å². The van der Waals surface area contributed by atoms with E-state index >= 15 is 0 Å².